The number of nitrogens with zero attached hydrogens (tertiary/aromatic N) is 2. The zero-order chi connectivity index (χ0) is 11.5. The van der Waals surface area contributed by atoms with Crippen molar-refractivity contribution in [3.05, 3.63) is 21.8 Å². The molecule has 86 valence electrons. The highest BCUT2D eigenvalue weighted by Crippen LogP contribution is 2.29. The zero-order valence-corrected chi connectivity index (χ0v) is 11.0. The predicted molar refractivity (Wildman–Crippen MR) is 67.9 cm³/mol. The van der Waals surface area contributed by atoms with Crippen molar-refractivity contribution in [2.45, 2.75) is 12.8 Å². The Labute approximate surface area is 108 Å². The number of hydrogen-bond acceptors (Lipinski definition) is 3. The van der Waals surface area contributed by atoms with E-state index in [4.69, 9.17) is 11.6 Å². The molecule has 1 saturated heterocycles. The van der Waals surface area contributed by atoms with Gasteiger partial charge in [-0.3, -0.25) is 0 Å². The number of carbonyl (C=O) groups is 1. The highest BCUT2D eigenvalue weighted by Gasteiger charge is 2.20. The molecule has 0 bridgehead atoms. The van der Waals surface area contributed by atoms with Crippen LogP contribution in [0.5, 0.6) is 0 Å². The average molecular weight is 304 g/mol. The second-order valence-electron chi connectivity index (χ2n) is 3.92. The molecule has 1 aliphatic rings. The summed E-state index contributed by atoms with van der Waals surface area (Å²) in [7, 11) is 0. The van der Waals surface area contributed by atoms with Crippen LogP contribution >= 0.6 is 27.5 Å². The summed E-state index contributed by atoms with van der Waals surface area (Å²) in [6.07, 6.45) is 4.51. The first-order valence-corrected chi connectivity index (χ1v) is 6.39. The fourth-order valence-electron chi connectivity index (χ4n) is 1.89. The number of rotatable bonds is 2. The summed E-state index contributed by atoms with van der Waals surface area (Å²) in [6.45, 7) is 1.74. The summed E-state index contributed by atoms with van der Waals surface area (Å²) in [6, 6.07) is 1.84. The predicted octanol–water partition coefficient (Wildman–Crippen LogP) is 2.91. The zero-order valence-electron chi connectivity index (χ0n) is 8.70. The number of carbonyl (C=O) groups excluding carboxylic acids is 1. The normalized spacial score (nSPS) is 17.5. The first-order chi connectivity index (χ1) is 7.70. The highest BCUT2D eigenvalue weighted by molar-refractivity contribution is 9.10. The van der Waals surface area contributed by atoms with E-state index in [1.807, 2.05) is 6.07 Å². The first-order valence-electron chi connectivity index (χ1n) is 5.22. The van der Waals surface area contributed by atoms with Crippen LogP contribution in [0.1, 0.15) is 12.8 Å². The number of pyridine rings is 1. The topological polar surface area (TPSA) is 33.2 Å². The van der Waals surface area contributed by atoms with Gasteiger partial charge in [0.15, 0.2) is 0 Å². The first kappa shape index (κ1) is 11.9. The van der Waals surface area contributed by atoms with Crippen LogP contribution in [0.15, 0.2) is 16.7 Å². The van der Waals surface area contributed by atoms with E-state index in [1.165, 1.54) is 0 Å². The Morgan fingerprint density at radius 3 is 2.75 bits per heavy atom. The van der Waals surface area contributed by atoms with E-state index >= 15 is 0 Å². The van der Waals surface area contributed by atoms with Gasteiger partial charge >= 0.3 is 0 Å². The summed E-state index contributed by atoms with van der Waals surface area (Å²) >= 11 is 9.30. The Hall–Kier alpha value is -0.610. The molecule has 0 spiro atoms. The minimum atomic E-state index is 0.210. The third kappa shape index (κ3) is 2.55. The lowest BCUT2D eigenvalue weighted by molar-refractivity contribution is -0.111. The fraction of sp³-hybridized carbons (Fsp3) is 0.455. The summed E-state index contributed by atoms with van der Waals surface area (Å²) in [4.78, 5) is 17.1. The van der Waals surface area contributed by atoms with Gasteiger partial charge in [-0.2, -0.15) is 0 Å². The summed E-state index contributed by atoms with van der Waals surface area (Å²) in [5.41, 5.74) is 0. The molecule has 2 rings (SSSR count). The minimum absolute atomic E-state index is 0.210. The van der Waals surface area contributed by atoms with E-state index in [1.54, 1.807) is 6.20 Å². The summed E-state index contributed by atoms with van der Waals surface area (Å²) < 4.78 is 0.907. The molecule has 3 nitrogen and oxygen atoms in total. The number of piperidine rings is 1. The molecule has 1 aromatic rings. The van der Waals surface area contributed by atoms with E-state index in [-0.39, 0.29) is 5.92 Å². The van der Waals surface area contributed by atoms with Gasteiger partial charge in [-0.15, -0.1) is 0 Å². The monoisotopic (exact) mass is 302 g/mol. The molecule has 2 heterocycles. The average Bonchev–Trinajstić information content (AvgIpc) is 2.29. The molecule has 0 atom stereocenters. The van der Waals surface area contributed by atoms with E-state index < -0.39 is 0 Å². The summed E-state index contributed by atoms with van der Waals surface area (Å²) in [5.74, 6) is 1.12. The number of anilines is 1. The largest absolute Gasteiger partial charge is 0.356 e. The molecule has 0 aliphatic carbocycles. The molecule has 1 fully saturated rings. The van der Waals surface area contributed by atoms with E-state index in [9.17, 15) is 4.79 Å². The fourth-order valence-corrected chi connectivity index (χ4v) is 2.78. The molecule has 0 unspecified atom stereocenters. The van der Waals surface area contributed by atoms with Gasteiger partial charge in [0, 0.05) is 25.2 Å². The molecular weight excluding hydrogens is 291 g/mol. The van der Waals surface area contributed by atoms with Crippen LogP contribution in [-0.2, 0) is 4.79 Å². The smallest absolute Gasteiger partial charge is 0.142 e. The SMILES string of the molecule is O=CC1CCN(c2ncc(Cl)cc2Br)CC1. The molecule has 0 aromatic carbocycles. The van der Waals surface area contributed by atoms with Crippen LogP contribution in [-0.4, -0.2) is 24.4 Å². The lowest BCUT2D eigenvalue weighted by atomic mass is 9.99. The molecular formula is C11H12BrClN2O. The van der Waals surface area contributed by atoms with Crippen molar-refractivity contribution in [3.8, 4) is 0 Å². The Bertz CT molecular complexity index is 392. The Balaban J connectivity index is 2.11. The maximum atomic E-state index is 10.7. The second-order valence-corrected chi connectivity index (χ2v) is 5.21. The molecule has 0 radical (unpaired) electrons. The maximum absolute atomic E-state index is 10.7. The van der Waals surface area contributed by atoms with Crippen molar-refractivity contribution in [2.24, 2.45) is 5.92 Å². The molecule has 0 N–H and O–H groups in total. The number of aldehydes is 1. The van der Waals surface area contributed by atoms with Crippen LogP contribution in [0.25, 0.3) is 0 Å². The van der Waals surface area contributed by atoms with Gasteiger partial charge in [0.25, 0.3) is 0 Å². The second kappa shape index (κ2) is 5.15. The lowest BCUT2D eigenvalue weighted by Gasteiger charge is -2.31. The van der Waals surface area contributed by atoms with Crippen molar-refractivity contribution in [3.63, 3.8) is 0 Å². The van der Waals surface area contributed by atoms with E-state index in [2.05, 4.69) is 25.8 Å². The molecule has 1 aliphatic heterocycles. The molecule has 16 heavy (non-hydrogen) atoms. The third-order valence-electron chi connectivity index (χ3n) is 2.82. The van der Waals surface area contributed by atoms with Gasteiger partial charge in [0.05, 0.1) is 9.50 Å². The van der Waals surface area contributed by atoms with Gasteiger partial charge in [0.2, 0.25) is 0 Å². The Morgan fingerprint density at radius 2 is 2.19 bits per heavy atom. The van der Waals surface area contributed by atoms with Crippen molar-refractivity contribution < 1.29 is 4.79 Å². The van der Waals surface area contributed by atoms with Crippen LogP contribution in [0.4, 0.5) is 5.82 Å². The number of aromatic nitrogens is 1. The van der Waals surface area contributed by atoms with Gasteiger partial charge in [-0.05, 0) is 34.8 Å². The van der Waals surface area contributed by atoms with Crippen molar-refractivity contribution >= 4 is 39.6 Å². The van der Waals surface area contributed by atoms with Crippen LogP contribution in [0.3, 0.4) is 0 Å². The van der Waals surface area contributed by atoms with Gasteiger partial charge < -0.3 is 9.69 Å². The standard InChI is InChI=1S/C11H12BrClN2O/c12-10-5-9(13)6-14-11(10)15-3-1-8(7-16)2-4-15/h5-8H,1-4H2. The van der Waals surface area contributed by atoms with E-state index in [0.717, 1.165) is 42.5 Å². The van der Waals surface area contributed by atoms with Gasteiger partial charge in [-0.1, -0.05) is 11.6 Å². The third-order valence-corrected chi connectivity index (χ3v) is 3.61. The Morgan fingerprint density at radius 1 is 1.50 bits per heavy atom. The molecule has 5 heteroatoms. The van der Waals surface area contributed by atoms with Crippen LogP contribution < -0.4 is 4.90 Å². The lowest BCUT2D eigenvalue weighted by Crippen LogP contribution is -2.34. The van der Waals surface area contributed by atoms with Gasteiger partial charge in [0.1, 0.15) is 12.1 Å². The minimum Gasteiger partial charge on any atom is -0.356 e. The number of halogens is 2. The summed E-state index contributed by atoms with van der Waals surface area (Å²) in [5, 5.41) is 0.624. The Kier molecular flexibility index (Phi) is 3.82. The van der Waals surface area contributed by atoms with Crippen molar-refractivity contribution in [1.82, 2.24) is 4.98 Å². The van der Waals surface area contributed by atoms with Crippen LogP contribution in [0.2, 0.25) is 5.02 Å². The van der Waals surface area contributed by atoms with Gasteiger partial charge in [-0.25, -0.2) is 4.98 Å². The molecule has 1 aromatic heterocycles. The van der Waals surface area contributed by atoms with Crippen LogP contribution in [0, 0.1) is 5.92 Å². The molecule has 0 amide bonds. The maximum Gasteiger partial charge on any atom is 0.142 e. The quantitative estimate of drug-likeness (QED) is 0.788. The van der Waals surface area contributed by atoms with Crippen molar-refractivity contribution in [2.75, 3.05) is 18.0 Å². The van der Waals surface area contributed by atoms with Crippen molar-refractivity contribution in [1.29, 1.82) is 0 Å². The molecule has 0 saturated carbocycles. The number of hydrogen-bond donors (Lipinski definition) is 0. The highest BCUT2D eigenvalue weighted by atomic mass is 79.9. The van der Waals surface area contributed by atoms with E-state index in [0.29, 0.717) is 5.02 Å².